The van der Waals surface area contributed by atoms with Gasteiger partial charge in [-0.3, -0.25) is 9.69 Å². The van der Waals surface area contributed by atoms with Gasteiger partial charge in [-0.15, -0.1) is 0 Å². The van der Waals surface area contributed by atoms with Crippen LogP contribution in [0.1, 0.15) is 11.1 Å². The number of carbonyl (C=O) groups is 1. The van der Waals surface area contributed by atoms with E-state index in [4.69, 9.17) is 5.73 Å². The molecule has 134 valence electrons. The number of nitrogens with zero attached hydrogens (tertiary/aromatic N) is 3. The zero-order valence-corrected chi connectivity index (χ0v) is 14.9. The Labute approximate surface area is 149 Å². The summed E-state index contributed by atoms with van der Waals surface area (Å²) in [4.78, 5) is 16.4. The van der Waals surface area contributed by atoms with Crippen LogP contribution in [0.2, 0.25) is 0 Å². The molecule has 1 aliphatic rings. The highest BCUT2D eigenvalue weighted by Gasteiger charge is 2.23. The van der Waals surface area contributed by atoms with E-state index in [2.05, 4.69) is 41.4 Å². The van der Waals surface area contributed by atoms with Crippen molar-refractivity contribution in [1.82, 2.24) is 15.1 Å². The number of hydrogen-bond acceptors (Lipinski definition) is 5. The summed E-state index contributed by atoms with van der Waals surface area (Å²) in [6.45, 7) is 7.12. The Hall–Kier alpha value is -2.36. The number of benzene rings is 1. The molecule has 0 spiro atoms. The Kier molecular flexibility index (Phi) is 7.45. The maximum absolute atomic E-state index is 12.4. The third-order valence-electron chi connectivity index (χ3n) is 4.38. The monoisotopic (exact) mass is 341 g/mol. The van der Waals surface area contributed by atoms with Gasteiger partial charge in [0.15, 0.2) is 0 Å². The second-order valence-electron chi connectivity index (χ2n) is 6.28. The summed E-state index contributed by atoms with van der Waals surface area (Å²) in [6, 6.07) is 10.4. The average Bonchev–Trinajstić information content (AvgIpc) is 2.64. The van der Waals surface area contributed by atoms with Crippen LogP contribution >= 0.6 is 0 Å². The number of rotatable bonds is 7. The molecule has 1 aliphatic heterocycles. The van der Waals surface area contributed by atoms with Crippen LogP contribution in [0.15, 0.2) is 36.0 Å². The normalized spacial score (nSPS) is 15.7. The topological polar surface area (TPSA) is 85.4 Å². The van der Waals surface area contributed by atoms with E-state index in [-0.39, 0.29) is 11.5 Å². The van der Waals surface area contributed by atoms with Gasteiger partial charge in [0.2, 0.25) is 0 Å². The highest BCUT2D eigenvalue weighted by Crippen LogP contribution is 2.07. The van der Waals surface area contributed by atoms with Crippen LogP contribution < -0.4 is 11.1 Å². The first kappa shape index (κ1) is 19.0. The van der Waals surface area contributed by atoms with Crippen molar-refractivity contribution in [2.75, 3.05) is 45.8 Å². The second-order valence-corrected chi connectivity index (χ2v) is 6.28. The molecular formula is C19H27N5O. The van der Waals surface area contributed by atoms with Gasteiger partial charge in [0.05, 0.1) is 0 Å². The smallest absolute Gasteiger partial charge is 0.266 e. The zero-order valence-electron chi connectivity index (χ0n) is 14.9. The van der Waals surface area contributed by atoms with E-state index >= 15 is 0 Å². The molecule has 0 aromatic heterocycles. The Bertz CT molecular complexity index is 624. The predicted octanol–water partition coefficient (Wildman–Crippen LogP) is 0.638. The average molecular weight is 341 g/mol. The Balaban J connectivity index is 1.80. The first-order valence-corrected chi connectivity index (χ1v) is 8.75. The maximum atomic E-state index is 12.4. The highest BCUT2D eigenvalue weighted by molar-refractivity contribution is 5.97. The van der Waals surface area contributed by atoms with Gasteiger partial charge in [-0.2, -0.15) is 5.26 Å². The number of aryl methyl sites for hydroxylation is 1. The van der Waals surface area contributed by atoms with Gasteiger partial charge in [-0.1, -0.05) is 29.8 Å². The molecule has 0 unspecified atom stereocenters. The van der Waals surface area contributed by atoms with Crippen molar-refractivity contribution in [3.63, 3.8) is 0 Å². The molecule has 0 saturated carbocycles. The summed E-state index contributed by atoms with van der Waals surface area (Å²) in [5.41, 5.74) is 8.19. The van der Waals surface area contributed by atoms with Gasteiger partial charge in [-0.25, -0.2) is 0 Å². The molecule has 0 bridgehead atoms. The lowest BCUT2D eigenvalue weighted by Gasteiger charge is -2.34. The van der Waals surface area contributed by atoms with Crippen LogP contribution in [0.25, 0.3) is 0 Å². The van der Waals surface area contributed by atoms with E-state index in [0.29, 0.717) is 26.2 Å². The van der Waals surface area contributed by atoms with E-state index in [0.717, 1.165) is 26.1 Å². The van der Waals surface area contributed by atoms with Crippen molar-refractivity contribution >= 4 is 5.91 Å². The summed E-state index contributed by atoms with van der Waals surface area (Å²) in [7, 11) is 0. The van der Waals surface area contributed by atoms with Crippen LogP contribution in [-0.2, 0) is 11.2 Å². The molecule has 1 saturated heterocycles. The van der Waals surface area contributed by atoms with Gasteiger partial charge in [-0.05, 0) is 18.9 Å². The largest absolute Gasteiger partial charge is 0.389 e. The number of amides is 1. The number of nitrogens with two attached hydrogens (primary N) is 1. The van der Waals surface area contributed by atoms with Crippen LogP contribution in [0, 0.1) is 18.3 Å². The van der Waals surface area contributed by atoms with Gasteiger partial charge in [0.25, 0.3) is 5.91 Å². The minimum atomic E-state index is -0.197. The lowest BCUT2D eigenvalue weighted by atomic mass is 10.1. The van der Waals surface area contributed by atoms with Crippen LogP contribution in [0.3, 0.4) is 0 Å². The fourth-order valence-electron chi connectivity index (χ4n) is 2.81. The number of nitrogens with one attached hydrogen (secondary N) is 1. The standard InChI is InChI=1S/C19H27N5O/c1-16-2-4-17(5-3-16)6-8-22-15-18(14-21)19(25)24-12-10-23(9-7-20)11-13-24/h2-5,15,22H,6-13,20H2,1H3/b18-15-. The van der Waals surface area contributed by atoms with Crippen LogP contribution in [-0.4, -0.2) is 61.5 Å². The summed E-state index contributed by atoms with van der Waals surface area (Å²) in [5, 5.41) is 12.4. The number of nitriles is 1. The predicted molar refractivity (Wildman–Crippen MR) is 98.7 cm³/mol. The molecular weight excluding hydrogens is 314 g/mol. The summed E-state index contributed by atoms with van der Waals surface area (Å²) >= 11 is 0. The fourth-order valence-corrected chi connectivity index (χ4v) is 2.81. The van der Waals surface area contributed by atoms with Crippen molar-refractivity contribution in [2.24, 2.45) is 5.73 Å². The van der Waals surface area contributed by atoms with Gasteiger partial charge in [0.1, 0.15) is 11.6 Å². The number of piperazine rings is 1. The molecule has 2 rings (SSSR count). The molecule has 6 nitrogen and oxygen atoms in total. The quantitative estimate of drug-likeness (QED) is 0.432. The zero-order chi connectivity index (χ0) is 18.1. The maximum Gasteiger partial charge on any atom is 0.266 e. The van der Waals surface area contributed by atoms with Crippen molar-refractivity contribution in [3.8, 4) is 6.07 Å². The molecule has 0 radical (unpaired) electrons. The van der Waals surface area contributed by atoms with Crippen LogP contribution in [0.4, 0.5) is 0 Å². The van der Waals surface area contributed by atoms with Crippen LogP contribution in [0.5, 0.6) is 0 Å². The van der Waals surface area contributed by atoms with E-state index in [1.165, 1.54) is 11.1 Å². The van der Waals surface area contributed by atoms with Crippen molar-refractivity contribution < 1.29 is 4.79 Å². The first-order valence-electron chi connectivity index (χ1n) is 8.75. The molecule has 6 heteroatoms. The first-order chi connectivity index (χ1) is 12.1. The summed E-state index contributed by atoms with van der Waals surface area (Å²) in [5.74, 6) is -0.197. The van der Waals surface area contributed by atoms with Gasteiger partial charge < -0.3 is 16.0 Å². The lowest BCUT2D eigenvalue weighted by Crippen LogP contribution is -2.50. The van der Waals surface area contributed by atoms with E-state index in [1.54, 1.807) is 11.1 Å². The Morgan fingerprint density at radius 2 is 1.96 bits per heavy atom. The van der Waals surface area contributed by atoms with Crippen molar-refractivity contribution in [2.45, 2.75) is 13.3 Å². The van der Waals surface area contributed by atoms with Crippen molar-refractivity contribution in [3.05, 3.63) is 47.2 Å². The minimum absolute atomic E-state index is 0.163. The van der Waals surface area contributed by atoms with E-state index in [9.17, 15) is 10.1 Å². The van der Waals surface area contributed by atoms with Gasteiger partial charge in [0, 0.05) is 52.0 Å². The molecule has 3 N–H and O–H groups in total. The fraction of sp³-hybridized carbons (Fsp3) is 0.474. The summed E-state index contributed by atoms with van der Waals surface area (Å²) in [6.07, 6.45) is 2.39. The van der Waals surface area contributed by atoms with Gasteiger partial charge >= 0.3 is 0 Å². The Morgan fingerprint density at radius 1 is 1.28 bits per heavy atom. The lowest BCUT2D eigenvalue weighted by molar-refractivity contribution is -0.128. The molecule has 1 fully saturated rings. The molecule has 0 aliphatic carbocycles. The molecule has 1 aromatic rings. The van der Waals surface area contributed by atoms with Crippen molar-refractivity contribution in [1.29, 1.82) is 5.26 Å². The summed E-state index contributed by atoms with van der Waals surface area (Å²) < 4.78 is 0. The SMILES string of the molecule is Cc1ccc(CCN/C=C(/C#N)C(=O)N2CCN(CCN)CC2)cc1. The Morgan fingerprint density at radius 3 is 2.56 bits per heavy atom. The highest BCUT2D eigenvalue weighted by atomic mass is 16.2. The number of hydrogen-bond donors (Lipinski definition) is 2. The molecule has 1 amide bonds. The molecule has 1 heterocycles. The molecule has 1 aromatic carbocycles. The molecule has 0 atom stereocenters. The van der Waals surface area contributed by atoms with E-state index < -0.39 is 0 Å². The molecule has 25 heavy (non-hydrogen) atoms. The minimum Gasteiger partial charge on any atom is -0.389 e. The third-order valence-corrected chi connectivity index (χ3v) is 4.38. The third kappa shape index (κ3) is 5.89. The second kappa shape index (κ2) is 9.82. The number of carbonyl (C=O) groups excluding carboxylic acids is 1. The van der Waals surface area contributed by atoms with E-state index in [1.807, 2.05) is 6.07 Å².